The Labute approximate surface area is 119 Å². The highest BCUT2D eigenvalue weighted by Crippen LogP contribution is 2.27. The predicted octanol–water partition coefficient (Wildman–Crippen LogP) is 3.50. The molecule has 0 fully saturated rings. The average Bonchev–Trinajstić information content (AvgIpc) is 2.45. The maximum atomic E-state index is 4.42. The lowest BCUT2D eigenvalue weighted by atomic mass is 10.2. The van der Waals surface area contributed by atoms with E-state index in [0.717, 1.165) is 28.9 Å². The molecule has 1 aromatic heterocycles. The second kappa shape index (κ2) is 6.87. The first-order valence-corrected chi connectivity index (χ1v) is 7.68. The highest BCUT2D eigenvalue weighted by Gasteiger charge is 2.10. The van der Waals surface area contributed by atoms with E-state index in [4.69, 9.17) is 0 Å². The number of hydrogen-bond acceptors (Lipinski definition) is 4. The van der Waals surface area contributed by atoms with Gasteiger partial charge in [0.25, 0.3) is 0 Å². The molecule has 2 rings (SSSR count). The number of aromatic nitrogens is 2. The van der Waals surface area contributed by atoms with Gasteiger partial charge in [0, 0.05) is 23.2 Å². The summed E-state index contributed by atoms with van der Waals surface area (Å²) in [6.45, 7) is 7.65. The molecule has 2 aromatic rings. The predicted molar refractivity (Wildman–Crippen MR) is 82.6 cm³/mol. The summed E-state index contributed by atoms with van der Waals surface area (Å²) in [5, 5.41) is 6.25. The number of nitrogens with one attached hydrogen (secondary N) is 1. The van der Waals surface area contributed by atoms with Gasteiger partial charge in [0.05, 0.1) is 5.52 Å². The van der Waals surface area contributed by atoms with Crippen molar-refractivity contribution in [2.45, 2.75) is 43.5 Å². The van der Waals surface area contributed by atoms with E-state index in [1.54, 1.807) is 6.33 Å². The van der Waals surface area contributed by atoms with Crippen molar-refractivity contribution >= 4 is 22.7 Å². The maximum absolute atomic E-state index is 4.42. The minimum absolute atomic E-state index is 0.493. The molecule has 0 saturated heterocycles. The fourth-order valence-corrected chi connectivity index (χ4v) is 2.79. The topological polar surface area (TPSA) is 37.8 Å². The summed E-state index contributed by atoms with van der Waals surface area (Å²) >= 11 is 1.81. The normalized spacial score (nSPS) is 14.5. The summed E-state index contributed by atoms with van der Waals surface area (Å²) in [4.78, 5) is 8.71. The van der Waals surface area contributed by atoms with E-state index in [-0.39, 0.29) is 0 Å². The Morgan fingerprint density at radius 1 is 1.21 bits per heavy atom. The fraction of sp³-hybridized carbons (Fsp3) is 0.467. The molecule has 0 radical (unpaired) electrons. The molecule has 0 bridgehead atoms. The smallest absolute Gasteiger partial charge is 0.117 e. The number of nitrogens with zero attached hydrogens (tertiary/aromatic N) is 2. The third-order valence-electron chi connectivity index (χ3n) is 3.19. The average molecular weight is 275 g/mol. The van der Waals surface area contributed by atoms with Crippen LogP contribution in [-0.4, -0.2) is 27.8 Å². The maximum Gasteiger partial charge on any atom is 0.117 e. The third-order valence-corrected chi connectivity index (χ3v) is 4.30. The molecular formula is C15H21N3S. The highest BCUT2D eigenvalue weighted by molar-refractivity contribution is 8.00. The van der Waals surface area contributed by atoms with Crippen LogP contribution >= 0.6 is 11.8 Å². The second-order valence-electron chi connectivity index (χ2n) is 4.84. The molecular weight excluding hydrogens is 254 g/mol. The van der Waals surface area contributed by atoms with Crippen LogP contribution in [0.5, 0.6) is 0 Å². The first-order chi connectivity index (χ1) is 9.20. The summed E-state index contributed by atoms with van der Waals surface area (Å²) in [5.74, 6) is 0. The van der Waals surface area contributed by atoms with Crippen molar-refractivity contribution in [3.05, 3.63) is 30.6 Å². The van der Waals surface area contributed by atoms with E-state index in [0.29, 0.717) is 11.3 Å². The van der Waals surface area contributed by atoms with Gasteiger partial charge in [-0.1, -0.05) is 32.0 Å². The molecule has 0 aliphatic carbocycles. The SMILES string of the molecule is CCC(C)NCC(C)Sc1ncnc2ccccc12. The molecule has 0 aliphatic rings. The van der Waals surface area contributed by atoms with Gasteiger partial charge in [0.15, 0.2) is 0 Å². The van der Waals surface area contributed by atoms with Crippen molar-refractivity contribution in [1.29, 1.82) is 0 Å². The van der Waals surface area contributed by atoms with Gasteiger partial charge < -0.3 is 5.32 Å². The van der Waals surface area contributed by atoms with Crippen LogP contribution in [0.15, 0.2) is 35.6 Å². The molecule has 1 aromatic carbocycles. The summed E-state index contributed by atoms with van der Waals surface area (Å²) in [7, 11) is 0. The Morgan fingerprint density at radius 2 is 2.00 bits per heavy atom. The minimum Gasteiger partial charge on any atom is -0.313 e. The Balaban J connectivity index is 2.04. The number of benzene rings is 1. The van der Waals surface area contributed by atoms with Gasteiger partial charge in [0.1, 0.15) is 11.4 Å². The van der Waals surface area contributed by atoms with Crippen molar-refractivity contribution in [3.8, 4) is 0 Å². The minimum atomic E-state index is 0.493. The van der Waals surface area contributed by atoms with Crippen molar-refractivity contribution in [2.24, 2.45) is 0 Å². The summed E-state index contributed by atoms with van der Waals surface area (Å²) in [6.07, 6.45) is 2.81. The molecule has 2 atom stereocenters. The molecule has 0 spiro atoms. The van der Waals surface area contributed by atoms with Gasteiger partial charge >= 0.3 is 0 Å². The summed E-state index contributed by atoms with van der Waals surface area (Å²) < 4.78 is 0. The van der Waals surface area contributed by atoms with E-state index in [1.807, 2.05) is 30.0 Å². The van der Waals surface area contributed by atoms with Crippen molar-refractivity contribution in [1.82, 2.24) is 15.3 Å². The summed E-state index contributed by atoms with van der Waals surface area (Å²) in [5.41, 5.74) is 1.02. The Kier molecular flexibility index (Phi) is 5.16. The molecule has 1 heterocycles. The van der Waals surface area contributed by atoms with Crippen molar-refractivity contribution < 1.29 is 0 Å². The number of thioether (sulfide) groups is 1. The first-order valence-electron chi connectivity index (χ1n) is 6.80. The molecule has 3 nitrogen and oxygen atoms in total. The van der Waals surface area contributed by atoms with Crippen molar-refractivity contribution in [2.75, 3.05) is 6.54 Å². The van der Waals surface area contributed by atoms with Crippen molar-refractivity contribution in [3.63, 3.8) is 0 Å². The Bertz CT molecular complexity index is 524. The standard InChI is InChI=1S/C15H21N3S/c1-4-11(2)16-9-12(3)19-15-13-7-5-6-8-14(13)17-10-18-15/h5-8,10-12,16H,4,9H2,1-3H3. The Hall–Kier alpha value is -1.13. The van der Waals surface area contributed by atoms with Gasteiger partial charge in [-0.25, -0.2) is 9.97 Å². The first kappa shape index (κ1) is 14.3. The second-order valence-corrected chi connectivity index (χ2v) is 6.27. The van der Waals surface area contributed by atoms with Crippen LogP contribution < -0.4 is 5.32 Å². The molecule has 1 N–H and O–H groups in total. The highest BCUT2D eigenvalue weighted by atomic mass is 32.2. The van der Waals surface area contributed by atoms with Crippen LogP contribution in [-0.2, 0) is 0 Å². The Morgan fingerprint density at radius 3 is 2.79 bits per heavy atom. The lowest BCUT2D eigenvalue weighted by Crippen LogP contribution is -2.30. The van der Waals surface area contributed by atoms with E-state index in [9.17, 15) is 0 Å². The quantitative estimate of drug-likeness (QED) is 0.647. The van der Waals surface area contributed by atoms with Gasteiger partial charge in [-0.3, -0.25) is 0 Å². The van der Waals surface area contributed by atoms with E-state index in [1.165, 1.54) is 0 Å². The van der Waals surface area contributed by atoms with Crippen LogP contribution in [0.25, 0.3) is 10.9 Å². The lowest BCUT2D eigenvalue weighted by molar-refractivity contribution is 0.537. The molecule has 2 unspecified atom stereocenters. The number of hydrogen-bond donors (Lipinski definition) is 1. The number of rotatable bonds is 6. The van der Waals surface area contributed by atoms with E-state index < -0.39 is 0 Å². The molecule has 0 saturated carbocycles. The third kappa shape index (κ3) is 3.91. The monoisotopic (exact) mass is 275 g/mol. The largest absolute Gasteiger partial charge is 0.313 e. The molecule has 102 valence electrons. The zero-order valence-corrected chi connectivity index (χ0v) is 12.6. The molecule has 4 heteroatoms. The van der Waals surface area contributed by atoms with Gasteiger partial charge in [0.2, 0.25) is 0 Å². The fourth-order valence-electron chi connectivity index (χ4n) is 1.82. The molecule has 0 amide bonds. The van der Waals surface area contributed by atoms with Crippen LogP contribution in [0, 0.1) is 0 Å². The van der Waals surface area contributed by atoms with E-state index >= 15 is 0 Å². The lowest BCUT2D eigenvalue weighted by Gasteiger charge is -2.16. The van der Waals surface area contributed by atoms with Crippen LogP contribution in [0.1, 0.15) is 27.2 Å². The van der Waals surface area contributed by atoms with Gasteiger partial charge in [-0.05, 0) is 19.4 Å². The van der Waals surface area contributed by atoms with Gasteiger partial charge in [-0.15, -0.1) is 11.8 Å². The van der Waals surface area contributed by atoms with E-state index in [2.05, 4.69) is 42.1 Å². The van der Waals surface area contributed by atoms with Crippen LogP contribution in [0.2, 0.25) is 0 Å². The van der Waals surface area contributed by atoms with Gasteiger partial charge in [-0.2, -0.15) is 0 Å². The molecule has 0 aliphatic heterocycles. The zero-order chi connectivity index (χ0) is 13.7. The number of fused-ring (bicyclic) bond motifs is 1. The molecule has 19 heavy (non-hydrogen) atoms. The van der Waals surface area contributed by atoms with Crippen LogP contribution in [0.3, 0.4) is 0 Å². The van der Waals surface area contributed by atoms with Crippen LogP contribution in [0.4, 0.5) is 0 Å². The number of para-hydroxylation sites is 1. The summed E-state index contributed by atoms with van der Waals surface area (Å²) in [6, 6.07) is 8.75. The zero-order valence-electron chi connectivity index (χ0n) is 11.8.